The first-order valence-electron chi connectivity index (χ1n) is 8.58. The van der Waals surface area contributed by atoms with Crippen LogP contribution in [-0.4, -0.2) is 22.9 Å². The zero-order valence-electron chi connectivity index (χ0n) is 14.5. The summed E-state index contributed by atoms with van der Waals surface area (Å²) in [6.45, 7) is 0. The van der Waals surface area contributed by atoms with Gasteiger partial charge in [-0.1, -0.05) is 78.5 Å². The molecule has 0 spiro atoms. The van der Waals surface area contributed by atoms with Gasteiger partial charge in [-0.25, -0.2) is 10.4 Å². The summed E-state index contributed by atoms with van der Waals surface area (Å²) in [5, 5.41) is 8.25. The molecular formula is C22H17N3OS. The molecule has 0 aliphatic carbocycles. The zero-order valence-corrected chi connectivity index (χ0v) is 15.3. The van der Waals surface area contributed by atoms with Gasteiger partial charge in [0.1, 0.15) is 0 Å². The standard InChI is InChI=1S/C22H17N3OS/c26-21(15-27-22-13-12-17-7-2-4-11-20(17)24-22)25-23-14-18-9-5-8-16-6-1-3-10-19(16)18/h1-14H,15H2,(H,25,26). The van der Waals surface area contributed by atoms with Crippen molar-refractivity contribution in [1.29, 1.82) is 0 Å². The Hall–Kier alpha value is -3.18. The van der Waals surface area contributed by atoms with Crippen LogP contribution in [0.4, 0.5) is 0 Å². The van der Waals surface area contributed by atoms with Crippen molar-refractivity contribution in [1.82, 2.24) is 10.4 Å². The molecule has 3 aromatic carbocycles. The van der Waals surface area contributed by atoms with E-state index in [1.807, 2.05) is 66.7 Å². The first-order valence-corrected chi connectivity index (χ1v) is 9.56. The van der Waals surface area contributed by atoms with E-state index >= 15 is 0 Å². The summed E-state index contributed by atoms with van der Waals surface area (Å²) in [7, 11) is 0. The molecule has 4 aromatic rings. The molecule has 1 amide bonds. The second-order valence-corrected chi connectivity index (χ2v) is 6.99. The topological polar surface area (TPSA) is 54.4 Å². The lowest BCUT2D eigenvalue weighted by atomic mass is 10.1. The molecule has 1 heterocycles. The molecule has 0 atom stereocenters. The molecule has 4 rings (SSSR count). The number of rotatable bonds is 5. The van der Waals surface area contributed by atoms with E-state index in [9.17, 15) is 4.79 Å². The van der Waals surface area contributed by atoms with Crippen molar-refractivity contribution in [2.75, 3.05) is 5.75 Å². The average Bonchev–Trinajstić information content (AvgIpc) is 2.72. The molecule has 132 valence electrons. The van der Waals surface area contributed by atoms with Crippen LogP contribution in [0.2, 0.25) is 0 Å². The molecular weight excluding hydrogens is 354 g/mol. The van der Waals surface area contributed by atoms with Crippen LogP contribution in [0.1, 0.15) is 5.56 Å². The maximum atomic E-state index is 12.1. The second-order valence-electron chi connectivity index (χ2n) is 5.99. The van der Waals surface area contributed by atoms with Crippen molar-refractivity contribution in [3.8, 4) is 0 Å². The molecule has 0 saturated carbocycles. The van der Waals surface area contributed by atoms with Crippen LogP contribution in [0, 0.1) is 0 Å². The second kappa shape index (κ2) is 8.01. The predicted molar refractivity (Wildman–Crippen MR) is 112 cm³/mol. The third-order valence-corrected chi connectivity index (χ3v) is 5.07. The summed E-state index contributed by atoms with van der Waals surface area (Å²) >= 11 is 1.40. The number of fused-ring (bicyclic) bond motifs is 2. The molecule has 0 aliphatic rings. The molecule has 0 radical (unpaired) electrons. The van der Waals surface area contributed by atoms with Gasteiger partial charge in [0.25, 0.3) is 0 Å². The van der Waals surface area contributed by atoms with E-state index in [0.29, 0.717) is 0 Å². The van der Waals surface area contributed by atoms with Gasteiger partial charge >= 0.3 is 0 Å². The van der Waals surface area contributed by atoms with Crippen LogP contribution in [0.3, 0.4) is 0 Å². The number of nitrogens with one attached hydrogen (secondary N) is 1. The minimum Gasteiger partial charge on any atom is -0.272 e. The number of hydrazone groups is 1. The number of carbonyl (C=O) groups is 1. The maximum absolute atomic E-state index is 12.1. The molecule has 0 fully saturated rings. The fraction of sp³-hybridized carbons (Fsp3) is 0.0455. The summed E-state index contributed by atoms with van der Waals surface area (Å²) in [5.41, 5.74) is 4.48. The quantitative estimate of drug-likeness (QED) is 0.316. The van der Waals surface area contributed by atoms with Crippen LogP contribution in [-0.2, 0) is 4.79 Å². The minimum absolute atomic E-state index is 0.161. The highest BCUT2D eigenvalue weighted by Gasteiger charge is 2.04. The van der Waals surface area contributed by atoms with Gasteiger partial charge in [-0.2, -0.15) is 5.10 Å². The number of para-hydroxylation sites is 1. The molecule has 4 nitrogen and oxygen atoms in total. The first-order chi connectivity index (χ1) is 13.3. The lowest BCUT2D eigenvalue weighted by molar-refractivity contribution is -0.118. The molecule has 0 bridgehead atoms. The van der Waals surface area contributed by atoms with Gasteiger partial charge in [-0.15, -0.1) is 0 Å². The van der Waals surface area contributed by atoms with Crippen molar-refractivity contribution >= 4 is 45.6 Å². The molecule has 27 heavy (non-hydrogen) atoms. The highest BCUT2D eigenvalue weighted by atomic mass is 32.2. The average molecular weight is 371 g/mol. The lowest BCUT2D eigenvalue weighted by Gasteiger charge is -2.03. The third-order valence-electron chi connectivity index (χ3n) is 4.14. The minimum atomic E-state index is -0.161. The molecule has 0 saturated heterocycles. The number of benzene rings is 3. The van der Waals surface area contributed by atoms with Gasteiger partial charge in [0.15, 0.2) is 0 Å². The number of hydrogen-bond acceptors (Lipinski definition) is 4. The SMILES string of the molecule is O=C(CSc1ccc2ccccc2n1)NN=Cc1cccc2ccccc12. The van der Waals surface area contributed by atoms with Gasteiger partial charge in [-0.05, 0) is 22.9 Å². The van der Waals surface area contributed by atoms with Gasteiger partial charge in [0.2, 0.25) is 5.91 Å². The Morgan fingerprint density at radius 2 is 1.70 bits per heavy atom. The monoisotopic (exact) mass is 371 g/mol. The Balaban J connectivity index is 1.37. The zero-order chi connectivity index (χ0) is 18.5. The summed E-state index contributed by atoms with van der Waals surface area (Å²) in [6.07, 6.45) is 1.68. The number of amides is 1. The van der Waals surface area contributed by atoms with Crippen LogP contribution < -0.4 is 5.43 Å². The number of aromatic nitrogens is 1. The predicted octanol–water partition coefficient (Wildman–Crippen LogP) is 4.63. The van der Waals surface area contributed by atoms with Crippen molar-refractivity contribution < 1.29 is 4.79 Å². The van der Waals surface area contributed by atoms with Crippen molar-refractivity contribution in [2.24, 2.45) is 5.10 Å². The van der Waals surface area contributed by atoms with Crippen LogP contribution in [0.25, 0.3) is 21.7 Å². The van der Waals surface area contributed by atoms with Gasteiger partial charge in [0, 0.05) is 10.9 Å². The molecule has 5 heteroatoms. The molecule has 1 aromatic heterocycles. The number of nitrogens with zero attached hydrogens (tertiary/aromatic N) is 2. The van der Waals surface area contributed by atoms with Crippen LogP contribution in [0.15, 0.2) is 89.0 Å². The van der Waals surface area contributed by atoms with Crippen molar-refractivity contribution in [3.05, 3.63) is 84.4 Å². The Morgan fingerprint density at radius 1 is 0.926 bits per heavy atom. The van der Waals surface area contributed by atoms with Gasteiger partial charge in [0.05, 0.1) is 22.5 Å². The number of carbonyl (C=O) groups excluding carboxylic acids is 1. The van der Waals surface area contributed by atoms with Crippen LogP contribution >= 0.6 is 11.8 Å². The van der Waals surface area contributed by atoms with E-state index in [4.69, 9.17) is 0 Å². The van der Waals surface area contributed by atoms with E-state index in [2.05, 4.69) is 27.6 Å². The molecule has 1 N–H and O–H groups in total. The van der Waals surface area contributed by atoms with Gasteiger partial charge < -0.3 is 0 Å². The van der Waals surface area contributed by atoms with E-state index in [0.717, 1.165) is 32.3 Å². The Bertz CT molecular complexity index is 1140. The Labute approximate surface area is 161 Å². The summed E-state index contributed by atoms with van der Waals surface area (Å²) in [6, 6.07) is 26.0. The Kier molecular flexibility index (Phi) is 5.12. The summed E-state index contributed by atoms with van der Waals surface area (Å²) < 4.78 is 0. The lowest BCUT2D eigenvalue weighted by Crippen LogP contribution is -2.19. The highest BCUT2D eigenvalue weighted by molar-refractivity contribution is 7.99. The summed E-state index contributed by atoms with van der Waals surface area (Å²) in [5.74, 6) is 0.101. The van der Waals surface area contributed by atoms with E-state index < -0.39 is 0 Å². The fourth-order valence-corrected chi connectivity index (χ4v) is 3.51. The van der Waals surface area contributed by atoms with Crippen molar-refractivity contribution in [3.63, 3.8) is 0 Å². The number of thioether (sulfide) groups is 1. The fourth-order valence-electron chi connectivity index (χ4n) is 2.84. The van der Waals surface area contributed by atoms with E-state index in [-0.39, 0.29) is 11.7 Å². The van der Waals surface area contributed by atoms with E-state index in [1.54, 1.807) is 6.21 Å². The highest BCUT2D eigenvalue weighted by Crippen LogP contribution is 2.20. The maximum Gasteiger partial charge on any atom is 0.250 e. The first kappa shape index (κ1) is 17.2. The number of hydrogen-bond donors (Lipinski definition) is 1. The van der Waals surface area contributed by atoms with E-state index in [1.165, 1.54) is 11.8 Å². The smallest absolute Gasteiger partial charge is 0.250 e. The van der Waals surface area contributed by atoms with Crippen molar-refractivity contribution in [2.45, 2.75) is 5.03 Å². The normalized spacial score (nSPS) is 11.3. The van der Waals surface area contributed by atoms with Crippen LogP contribution in [0.5, 0.6) is 0 Å². The molecule has 0 unspecified atom stereocenters. The summed E-state index contributed by atoms with van der Waals surface area (Å²) in [4.78, 5) is 16.6. The molecule has 0 aliphatic heterocycles. The Morgan fingerprint density at radius 3 is 2.63 bits per heavy atom. The largest absolute Gasteiger partial charge is 0.272 e. The van der Waals surface area contributed by atoms with Gasteiger partial charge in [-0.3, -0.25) is 4.79 Å². The third kappa shape index (κ3) is 4.15. The number of pyridine rings is 1.